The highest BCUT2D eigenvalue weighted by molar-refractivity contribution is 8.01. The van der Waals surface area contributed by atoms with E-state index in [0.717, 1.165) is 19.3 Å². The number of piperidine rings is 1. The highest BCUT2D eigenvalue weighted by atomic mass is 32.2. The highest BCUT2D eigenvalue weighted by Crippen LogP contribution is 2.47. The summed E-state index contributed by atoms with van der Waals surface area (Å²) >= 11 is 1.54. The fourth-order valence-corrected chi connectivity index (χ4v) is 3.60. The van der Waals surface area contributed by atoms with Crippen LogP contribution in [0.15, 0.2) is 24.3 Å². The summed E-state index contributed by atoms with van der Waals surface area (Å²) in [5.74, 6) is -0.694. The Kier molecular flexibility index (Phi) is 4.12. The molecule has 1 saturated heterocycles. The van der Waals surface area contributed by atoms with Gasteiger partial charge in [-0.25, -0.2) is 4.39 Å². The number of nitrogens with zero attached hydrogens (tertiary/aromatic N) is 1. The molecule has 1 aliphatic heterocycles. The maximum atomic E-state index is 13.9. The van der Waals surface area contributed by atoms with Crippen molar-refractivity contribution in [2.45, 2.75) is 36.5 Å². The van der Waals surface area contributed by atoms with Crippen molar-refractivity contribution in [1.82, 2.24) is 5.32 Å². The first-order valence-corrected chi connectivity index (χ1v) is 8.72. The number of nitrogens with one attached hydrogen (secondary N) is 1. The Balaban J connectivity index is 1.73. The lowest BCUT2D eigenvalue weighted by Crippen LogP contribution is -2.54. The van der Waals surface area contributed by atoms with E-state index in [9.17, 15) is 14.0 Å². The molecule has 4 nitrogen and oxygen atoms in total. The van der Waals surface area contributed by atoms with Crippen molar-refractivity contribution < 1.29 is 14.0 Å². The van der Waals surface area contributed by atoms with Gasteiger partial charge in [0.2, 0.25) is 11.8 Å². The van der Waals surface area contributed by atoms with Gasteiger partial charge in [-0.05, 0) is 44.1 Å². The van der Waals surface area contributed by atoms with E-state index in [0.29, 0.717) is 13.0 Å². The lowest BCUT2D eigenvalue weighted by molar-refractivity contribution is -0.128. The van der Waals surface area contributed by atoms with Gasteiger partial charge in [0.1, 0.15) is 11.9 Å². The predicted octanol–water partition coefficient (Wildman–Crippen LogP) is 2.33. The van der Waals surface area contributed by atoms with E-state index in [4.69, 9.17) is 0 Å². The van der Waals surface area contributed by atoms with Gasteiger partial charge in [-0.15, -0.1) is 11.8 Å². The summed E-state index contributed by atoms with van der Waals surface area (Å²) < 4.78 is 13.6. The summed E-state index contributed by atoms with van der Waals surface area (Å²) in [7, 11) is 0. The van der Waals surface area contributed by atoms with Crippen LogP contribution in [-0.4, -0.2) is 35.4 Å². The fourth-order valence-electron chi connectivity index (χ4n) is 2.85. The van der Waals surface area contributed by atoms with E-state index in [-0.39, 0.29) is 22.2 Å². The van der Waals surface area contributed by atoms with Crippen molar-refractivity contribution in [3.05, 3.63) is 30.1 Å². The molecule has 6 heteroatoms. The van der Waals surface area contributed by atoms with Crippen molar-refractivity contribution >= 4 is 29.3 Å². The van der Waals surface area contributed by atoms with E-state index in [1.54, 1.807) is 18.2 Å². The van der Waals surface area contributed by atoms with Gasteiger partial charge in [-0.1, -0.05) is 12.1 Å². The standard InChI is InChI=1S/C16H19FN2O2S/c1-22-16(8-9-16)15(21)18-12-6-4-10-19(14(12)20)13-7-3-2-5-11(13)17/h2-3,5,7,12H,4,6,8-10H2,1H3,(H,18,21)/t12-/m0/s1. The number of benzene rings is 1. The Morgan fingerprint density at radius 3 is 2.77 bits per heavy atom. The molecular formula is C16H19FN2O2S. The normalized spacial score (nSPS) is 23.3. The average Bonchev–Trinajstić information content (AvgIpc) is 3.31. The zero-order valence-corrected chi connectivity index (χ0v) is 13.3. The van der Waals surface area contributed by atoms with E-state index in [1.165, 1.54) is 22.7 Å². The van der Waals surface area contributed by atoms with Gasteiger partial charge in [-0.3, -0.25) is 9.59 Å². The quantitative estimate of drug-likeness (QED) is 0.925. The van der Waals surface area contributed by atoms with Crippen molar-refractivity contribution in [3.8, 4) is 0 Å². The molecule has 0 bridgehead atoms. The number of halogens is 1. The molecule has 0 spiro atoms. The zero-order chi connectivity index (χ0) is 15.7. The first-order valence-electron chi connectivity index (χ1n) is 7.49. The SMILES string of the molecule is CSC1(C(=O)N[C@H]2CCCN(c3ccccc3F)C2=O)CC1. The molecule has 1 atom stereocenters. The summed E-state index contributed by atoms with van der Waals surface area (Å²) in [6, 6.07) is 5.70. The summed E-state index contributed by atoms with van der Waals surface area (Å²) in [5.41, 5.74) is 0.289. The molecule has 1 heterocycles. The maximum absolute atomic E-state index is 13.9. The van der Waals surface area contributed by atoms with Crippen molar-refractivity contribution in [1.29, 1.82) is 0 Å². The van der Waals surface area contributed by atoms with Crippen LogP contribution in [0.5, 0.6) is 0 Å². The summed E-state index contributed by atoms with van der Waals surface area (Å²) in [6.45, 7) is 0.486. The van der Waals surface area contributed by atoms with Gasteiger partial charge >= 0.3 is 0 Å². The third kappa shape index (κ3) is 2.72. The molecule has 0 unspecified atom stereocenters. The van der Waals surface area contributed by atoms with Crippen LogP contribution < -0.4 is 10.2 Å². The third-order valence-corrected chi connectivity index (χ3v) is 5.77. The number of hydrogen-bond donors (Lipinski definition) is 1. The summed E-state index contributed by atoms with van der Waals surface area (Å²) in [6.07, 6.45) is 4.99. The van der Waals surface area contributed by atoms with Crippen molar-refractivity contribution in [3.63, 3.8) is 0 Å². The Morgan fingerprint density at radius 1 is 1.41 bits per heavy atom. The molecule has 0 radical (unpaired) electrons. The van der Waals surface area contributed by atoms with E-state index in [2.05, 4.69) is 5.32 Å². The lowest BCUT2D eigenvalue weighted by atomic mass is 10.0. The minimum Gasteiger partial charge on any atom is -0.343 e. The highest BCUT2D eigenvalue weighted by Gasteiger charge is 2.50. The molecule has 2 aliphatic rings. The van der Waals surface area contributed by atoms with Gasteiger partial charge in [0.15, 0.2) is 0 Å². The minimum absolute atomic E-state index is 0.0614. The molecule has 118 valence electrons. The number of hydrogen-bond acceptors (Lipinski definition) is 3. The first-order chi connectivity index (χ1) is 10.6. The average molecular weight is 322 g/mol. The van der Waals surface area contributed by atoms with Crippen LogP contribution in [0.1, 0.15) is 25.7 Å². The van der Waals surface area contributed by atoms with Gasteiger partial charge < -0.3 is 10.2 Å². The molecule has 1 aliphatic carbocycles. The predicted molar refractivity (Wildman–Crippen MR) is 85.4 cm³/mol. The zero-order valence-electron chi connectivity index (χ0n) is 12.5. The molecule has 1 saturated carbocycles. The Hall–Kier alpha value is -1.56. The smallest absolute Gasteiger partial charge is 0.249 e. The number of rotatable bonds is 4. The van der Waals surface area contributed by atoms with Crippen LogP contribution in [0.3, 0.4) is 0 Å². The topological polar surface area (TPSA) is 49.4 Å². The van der Waals surface area contributed by atoms with Crippen LogP contribution >= 0.6 is 11.8 Å². The number of anilines is 1. The molecule has 22 heavy (non-hydrogen) atoms. The van der Waals surface area contributed by atoms with E-state index < -0.39 is 11.9 Å². The second kappa shape index (κ2) is 5.91. The number of amides is 2. The van der Waals surface area contributed by atoms with Crippen LogP contribution in [0.25, 0.3) is 0 Å². The van der Waals surface area contributed by atoms with Crippen LogP contribution in [0.4, 0.5) is 10.1 Å². The monoisotopic (exact) mass is 322 g/mol. The largest absolute Gasteiger partial charge is 0.343 e. The lowest BCUT2D eigenvalue weighted by Gasteiger charge is -2.33. The molecular weight excluding hydrogens is 303 g/mol. The molecule has 1 aromatic carbocycles. The second-order valence-electron chi connectivity index (χ2n) is 5.81. The Morgan fingerprint density at radius 2 is 2.14 bits per heavy atom. The van der Waals surface area contributed by atoms with Crippen molar-refractivity contribution in [2.24, 2.45) is 0 Å². The molecule has 2 fully saturated rings. The first kappa shape index (κ1) is 15.3. The van der Waals surface area contributed by atoms with Crippen molar-refractivity contribution in [2.75, 3.05) is 17.7 Å². The van der Waals surface area contributed by atoms with E-state index >= 15 is 0 Å². The van der Waals surface area contributed by atoms with E-state index in [1.807, 2.05) is 6.26 Å². The van der Waals surface area contributed by atoms with Gasteiger partial charge in [0.05, 0.1) is 10.4 Å². The molecule has 0 aromatic heterocycles. The van der Waals surface area contributed by atoms with Crippen LogP contribution in [-0.2, 0) is 9.59 Å². The Bertz CT molecular complexity index is 604. The second-order valence-corrected chi connectivity index (χ2v) is 7.00. The minimum atomic E-state index is -0.550. The number of para-hydroxylation sites is 1. The molecule has 3 rings (SSSR count). The number of carbonyl (C=O) groups is 2. The fraction of sp³-hybridized carbons (Fsp3) is 0.500. The molecule has 1 N–H and O–H groups in total. The summed E-state index contributed by atoms with van der Waals surface area (Å²) in [4.78, 5) is 26.3. The molecule has 2 amide bonds. The van der Waals surface area contributed by atoms with Gasteiger partial charge in [0, 0.05) is 6.54 Å². The third-order valence-electron chi connectivity index (χ3n) is 4.40. The number of carbonyl (C=O) groups excluding carboxylic acids is 2. The Labute approximate surface area is 133 Å². The molecule has 1 aromatic rings. The van der Waals surface area contributed by atoms with Crippen LogP contribution in [0.2, 0.25) is 0 Å². The maximum Gasteiger partial charge on any atom is 0.249 e. The van der Waals surface area contributed by atoms with Crippen LogP contribution in [0, 0.1) is 5.82 Å². The van der Waals surface area contributed by atoms with Gasteiger partial charge in [0.25, 0.3) is 0 Å². The van der Waals surface area contributed by atoms with Gasteiger partial charge in [-0.2, -0.15) is 0 Å². The summed E-state index contributed by atoms with van der Waals surface area (Å²) in [5, 5.41) is 2.87. The number of thioether (sulfide) groups is 1.